The monoisotopic (exact) mass is 389 g/mol. The van der Waals surface area contributed by atoms with E-state index in [9.17, 15) is 4.79 Å². The van der Waals surface area contributed by atoms with Gasteiger partial charge in [0.2, 0.25) is 5.95 Å². The predicted octanol–water partition coefficient (Wildman–Crippen LogP) is 1.85. The summed E-state index contributed by atoms with van der Waals surface area (Å²) in [4.78, 5) is 22.9. The first kappa shape index (κ1) is 19.5. The molecule has 1 aliphatic heterocycles. The van der Waals surface area contributed by atoms with Gasteiger partial charge in [0.1, 0.15) is 0 Å². The van der Waals surface area contributed by atoms with Crippen molar-refractivity contribution in [3.63, 3.8) is 0 Å². The summed E-state index contributed by atoms with van der Waals surface area (Å²) in [6.07, 6.45) is 3.83. The number of amides is 1. The lowest BCUT2D eigenvalue weighted by Gasteiger charge is -2.26. The Morgan fingerprint density at radius 2 is 1.81 bits per heavy atom. The number of nitrogens with one attached hydrogen (secondary N) is 2. The predicted molar refractivity (Wildman–Crippen MR) is 105 cm³/mol. The normalized spacial score (nSPS) is 14.7. The van der Waals surface area contributed by atoms with Crippen molar-refractivity contribution in [3.05, 3.63) is 52.8 Å². The van der Waals surface area contributed by atoms with Crippen molar-refractivity contribution in [2.45, 2.75) is 6.42 Å². The number of carbonyl (C=O) groups is 1. The molecule has 144 valence electrons. The molecule has 3 rings (SSSR count). The second kappa shape index (κ2) is 10.2. The highest BCUT2D eigenvalue weighted by Crippen LogP contribution is 2.09. The molecule has 2 aromatic rings. The fourth-order valence-electron chi connectivity index (χ4n) is 2.76. The van der Waals surface area contributed by atoms with Crippen LogP contribution in [-0.4, -0.2) is 66.7 Å². The number of morpholine rings is 1. The van der Waals surface area contributed by atoms with Crippen molar-refractivity contribution in [1.29, 1.82) is 0 Å². The first-order chi connectivity index (χ1) is 13.2. The van der Waals surface area contributed by atoms with E-state index in [1.54, 1.807) is 12.4 Å². The summed E-state index contributed by atoms with van der Waals surface area (Å²) < 4.78 is 5.33. The molecule has 8 heteroatoms. The molecule has 7 nitrogen and oxygen atoms in total. The van der Waals surface area contributed by atoms with Crippen LogP contribution >= 0.6 is 11.6 Å². The van der Waals surface area contributed by atoms with Crippen molar-refractivity contribution in [3.8, 4) is 0 Å². The number of hydrogen-bond donors (Lipinski definition) is 2. The largest absolute Gasteiger partial charge is 0.379 e. The van der Waals surface area contributed by atoms with E-state index in [0.717, 1.165) is 51.4 Å². The lowest BCUT2D eigenvalue weighted by atomic mass is 10.1. The SMILES string of the molecule is O=C(NCCc1ccc(Cl)cc1)c1cnc(NCCN2CCOCC2)nc1. The van der Waals surface area contributed by atoms with Crippen molar-refractivity contribution in [2.24, 2.45) is 0 Å². The Morgan fingerprint density at radius 3 is 2.52 bits per heavy atom. The van der Waals surface area contributed by atoms with Crippen LogP contribution in [0.2, 0.25) is 5.02 Å². The standard InChI is InChI=1S/C19H24ClN5O2/c20-17-3-1-15(2-4-17)5-6-21-18(26)16-13-23-19(24-14-16)22-7-8-25-9-11-27-12-10-25/h1-4,13-14H,5-12H2,(H,21,26)(H,22,23,24). The maximum atomic E-state index is 12.2. The number of aromatic nitrogens is 2. The Balaban J connectivity index is 1.38. The van der Waals surface area contributed by atoms with Crippen molar-refractivity contribution < 1.29 is 9.53 Å². The lowest BCUT2D eigenvalue weighted by molar-refractivity contribution is 0.0398. The van der Waals surface area contributed by atoms with Crippen LogP contribution in [0.3, 0.4) is 0 Å². The lowest BCUT2D eigenvalue weighted by Crippen LogP contribution is -2.39. The van der Waals surface area contributed by atoms with E-state index in [0.29, 0.717) is 23.1 Å². The van der Waals surface area contributed by atoms with E-state index in [1.807, 2.05) is 24.3 Å². The zero-order valence-corrected chi connectivity index (χ0v) is 15.9. The van der Waals surface area contributed by atoms with Crippen LogP contribution in [-0.2, 0) is 11.2 Å². The summed E-state index contributed by atoms with van der Waals surface area (Å²) in [6, 6.07) is 7.60. The number of benzene rings is 1. The summed E-state index contributed by atoms with van der Waals surface area (Å²) in [6.45, 7) is 5.71. The summed E-state index contributed by atoms with van der Waals surface area (Å²) in [7, 11) is 0. The molecule has 1 aliphatic rings. The Morgan fingerprint density at radius 1 is 1.11 bits per heavy atom. The first-order valence-corrected chi connectivity index (χ1v) is 9.47. The van der Waals surface area contributed by atoms with Crippen molar-refractivity contribution in [1.82, 2.24) is 20.2 Å². The minimum absolute atomic E-state index is 0.177. The van der Waals surface area contributed by atoms with Crippen LogP contribution in [0.25, 0.3) is 0 Å². The van der Waals surface area contributed by atoms with Gasteiger partial charge in [0, 0.05) is 50.1 Å². The van der Waals surface area contributed by atoms with Gasteiger partial charge in [0.05, 0.1) is 18.8 Å². The van der Waals surface area contributed by atoms with Gasteiger partial charge in [-0.1, -0.05) is 23.7 Å². The van der Waals surface area contributed by atoms with Gasteiger partial charge < -0.3 is 15.4 Å². The molecule has 27 heavy (non-hydrogen) atoms. The Hall–Kier alpha value is -2.22. The zero-order chi connectivity index (χ0) is 18.9. The van der Waals surface area contributed by atoms with Gasteiger partial charge >= 0.3 is 0 Å². The quantitative estimate of drug-likeness (QED) is 0.717. The molecule has 0 spiro atoms. The van der Waals surface area contributed by atoms with E-state index in [2.05, 4.69) is 25.5 Å². The number of halogens is 1. The van der Waals surface area contributed by atoms with E-state index in [1.165, 1.54) is 0 Å². The molecule has 0 radical (unpaired) electrons. The molecule has 0 atom stereocenters. The Bertz CT molecular complexity index is 718. The van der Waals surface area contributed by atoms with Crippen LogP contribution in [0.5, 0.6) is 0 Å². The van der Waals surface area contributed by atoms with E-state index in [-0.39, 0.29) is 5.91 Å². The van der Waals surface area contributed by atoms with Gasteiger partial charge in [-0.3, -0.25) is 9.69 Å². The molecule has 0 saturated carbocycles. The third-order valence-electron chi connectivity index (χ3n) is 4.34. The van der Waals surface area contributed by atoms with Crippen LogP contribution < -0.4 is 10.6 Å². The van der Waals surface area contributed by atoms with E-state index >= 15 is 0 Å². The molecule has 2 heterocycles. The third kappa shape index (κ3) is 6.46. The number of rotatable bonds is 8. The topological polar surface area (TPSA) is 79.4 Å². The highest BCUT2D eigenvalue weighted by Gasteiger charge is 2.10. The van der Waals surface area contributed by atoms with Crippen LogP contribution in [0.15, 0.2) is 36.7 Å². The third-order valence-corrected chi connectivity index (χ3v) is 4.59. The minimum Gasteiger partial charge on any atom is -0.379 e. The Labute approximate surface area is 164 Å². The number of hydrogen-bond acceptors (Lipinski definition) is 6. The molecular weight excluding hydrogens is 366 g/mol. The molecule has 1 fully saturated rings. The molecule has 1 aromatic heterocycles. The number of ether oxygens (including phenoxy) is 1. The van der Waals surface area contributed by atoms with Gasteiger partial charge in [0.25, 0.3) is 5.91 Å². The second-order valence-electron chi connectivity index (χ2n) is 6.31. The number of nitrogens with zero attached hydrogens (tertiary/aromatic N) is 3. The maximum absolute atomic E-state index is 12.2. The minimum atomic E-state index is -0.177. The summed E-state index contributed by atoms with van der Waals surface area (Å²) in [5, 5.41) is 6.76. The molecule has 2 N–H and O–H groups in total. The molecule has 0 aliphatic carbocycles. The van der Waals surface area contributed by atoms with Gasteiger partial charge in [0.15, 0.2) is 0 Å². The van der Waals surface area contributed by atoms with Gasteiger partial charge in [-0.2, -0.15) is 0 Å². The van der Waals surface area contributed by atoms with Gasteiger partial charge in [-0.15, -0.1) is 0 Å². The summed E-state index contributed by atoms with van der Waals surface area (Å²) in [5.41, 5.74) is 1.57. The highest BCUT2D eigenvalue weighted by atomic mass is 35.5. The van der Waals surface area contributed by atoms with Gasteiger partial charge in [-0.25, -0.2) is 9.97 Å². The smallest absolute Gasteiger partial charge is 0.254 e. The molecule has 1 amide bonds. The van der Waals surface area contributed by atoms with Crippen molar-refractivity contribution in [2.75, 3.05) is 51.3 Å². The summed E-state index contributed by atoms with van der Waals surface area (Å²) in [5.74, 6) is 0.352. The maximum Gasteiger partial charge on any atom is 0.254 e. The number of anilines is 1. The molecular formula is C19H24ClN5O2. The number of carbonyl (C=O) groups excluding carboxylic acids is 1. The zero-order valence-electron chi connectivity index (χ0n) is 15.2. The average molecular weight is 390 g/mol. The molecule has 0 unspecified atom stereocenters. The van der Waals surface area contributed by atoms with Gasteiger partial charge in [-0.05, 0) is 24.1 Å². The van der Waals surface area contributed by atoms with Crippen LogP contribution in [0.1, 0.15) is 15.9 Å². The van der Waals surface area contributed by atoms with E-state index < -0.39 is 0 Å². The van der Waals surface area contributed by atoms with E-state index in [4.69, 9.17) is 16.3 Å². The Kier molecular flexibility index (Phi) is 7.38. The summed E-state index contributed by atoms with van der Waals surface area (Å²) >= 11 is 5.86. The molecule has 1 aromatic carbocycles. The second-order valence-corrected chi connectivity index (χ2v) is 6.74. The average Bonchev–Trinajstić information content (AvgIpc) is 2.71. The first-order valence-electron chi connectivity index (χ1n) is 9.09. The fraction of sp³-hybridized carbons (Fsp3) is 0.421. The molecule has 1 saturated heterocycles. The highest BCUT2D eigenvalue weighted by molar-refractivity contribution is 6.30. The molecule has 0 bridgehead atoms. The van der Waals surface area contributed by atoms with Crippen molar-refractivity contribution >= 4 is 23.5 Å². The van der Waals surface area contributed by atoms with Crippen LogP contribution in [0, 0.1) is 0 Å². The van der Waals surface area contributed by atoms with Crippen LogP contribution in [0.4, 0.5) is 5.95 Å². The fourth-order valence-corrected chi connectivity index (χ4v) is 2.89.